The number of carbonyl (C=O) groups excluding carboxylic acids is 3. The first-order valence-electron chi connectivity index (χ1n) is 16.2. The summed E-state index contributed by atoms with van der Waals surface area (Å²) in [6.45, 7) is 1.33. The van der Waals surface area contributed by atoms with E-state index in [1.807, 2.05) is 60.7 Å². The summed E-state index contributed by atoms with van der Waals surface area (Å²) in [5.41, 5.74) is 4.95. The molecular formula is C39H38ClN3O5S. The van der Waals surface area contributed by atoms with Crippen LogP contribution < -0.4 is 10.1 Å². The normalized spacial score (nSPS) is 16.8. The molecule has 0 radical (unpaired) electrons. The Bertz CT molecular complexity index is 1740. The van der Waals surface area contributed by atoms with Crippen molar-refractivity contribution in [1.82, 2.24) is 15.1 Å². The number of hydrogen-bond acceptors (Lipinski definition) is 7. The summed E-state index contributed by atoms with van der Waals surface area (Å²) < 4.78 is 11.1. The zero-order valence-corrected chi connectivity index (χ0v) is 28.8. The number of benzene rings is 4. The van der Waals surface area contributed by atoms with E-state index in [4.69, 9.17) is 21.1 Å². The molecule has 0 spiro atoms. The second kappa shape index (κ2) is 16.1. The quantitative estimate of drug-likeness (QED) is 0.127. The van der Waals surface area contributed by atoms with E-state index in [0.29, 0.717) is 29.6 Å². The molecule has 0 bridgehead atoms. The average molecular weight is 696 g/mol. The summed E-state index contributed by atoms with van der Waals surface area (Å²) >= 11 is 7.55. The lowest BCUT2D eigenvalue weighted by molar-refractivity contribution is -0.153. The zero-order chi connectivity index (χ0) is 34.2. The lowest BCUT2D eigenvalue weighted by Gasteiger charge is -2.50. The van der Waals surface area contributed by atoms with E-state index in [9.17, 15) is 14.4 Å². The van der Waals surface area contributed by atoms with Gasteiger partial charge in [0.1, 0.15) is 23.8 Å². The number of ether oxygens (including phenoxy) is 2. The molecule has 1 fully saturated rings. The molecule has 2 amide bonds. The van der Waals surface area contributed by atoms with Gasteiger partial charge in [-0.25, -0.2) is 4.79 Å². The molecule has 2 aliphatic rings. The first kappa shape index (κ1) is 34.1. The van der Waals surface area contributed by atoms with Gasteiger partial charge in [0.2, 0.25) is 5.91 Å². The number of nitrogens with zero attached hydrogens (tertiary/aromatic N) is 2. The molecule has 4 aromatic rings. The van der Waals surface area contributed by atoms with Crippen LogP contribution in [0.15, 0.2) is 121 Å². The summed E-state index contributed by atoms with van der Waals surface area (Å²) in [7, 11) is 1.60. The number of methoxy groups -OCH3 is 1. The van der Waals surface area contributed by atoms with Gasteiger partial charge in [-0.3, -0.25) is 14.5 Å². The van der Waals surface area contributed by atoms with Crippen molar-refractivity contribution in [3.63, 3.8) is 0 Å². The molecule has 0 aliphatic carbocycles. The predicted molar refractivity (Wildman–Crippen MR) is 192 cm³/mol. The Labute approximate surface area is 296 Å². The van der Waals surface area contributed by atoms with E-state index < -0.39 is 17.4 Å². The topological polar surface area (TPSA) is 88.2 Å². The number of halogens is 1. The van der Waals surface area contributed by atoms with Crippen LogP contribution >= 0.6 is 23.4 Å². The number of nitrogens with one attached hydrogen (secondary N) is 1. The Morgan fingerprint density at radius 1 is 0.837 bits per heavy atom. The van der Waals surface area contributed by atoms with Gasteiger partial charge in [-0.05, 0) is 59.4 Å². The van der Waals surface area contributed by atoms with Gasteiger partial charge in [0.25, 0.3) is 5.91 Å². The van der Waals surface area contributed by atoms with Crippen LogP contribution in [0.1, 0.15) is 22.3 Å². The standard InChI is InChI=1S/C39H38ClN3O5S/c1-47-32-18-14-30(15-19-32)25-48-39(46)36-33(42(22-20-27-8-4-2-5-9-27)23-21-28-10-6-3-7-11-28)26-49-38-35(37(45)43(36)38)41-34(44)24-29-12-16-31(40)17-13-29/h2-19,35,38H,20-26H2,1H3,(H,41,44)/t35?,38-/m1/s1. The molecule has 2 aliphatic heterocycles. The Morgan fingerprint density at radius 3 is 2.02 bits per heavy atom. The molecule has 0 aromatic heterocycles. The third-order valence-corrected chi connectivity index (χ3v) is 10.2. The van der Waals surface area contributed by atoms with Gasteiger partial charge in [0.05, 0.1) is 19.2 Å². The highest BCUT2D eigenvalue weighted by Crippen LogP contribution is 2.42. The average Bonchev–Trinajstić information content (AvgIpc) is 3.14. The van der Waals surface area contributed by atoms with Crippen molar-refractivity contribution in [2.45, 2.75) is 37.3 Å². The van der Waals surface area contributed by atoms with Gasteiger partial charge in [0.15, 0.2) is 5.70 Å². The minimum atomic E-state index is -0.752. The third-order valence-electron chi connectivity index (χ3n) is 8.67. The number of hydrogen-bond donors (Lipinski definition) is 1. The molecule has 252 valence electrons. The Hall–Kier alpha value is -4.73. The number of β-lactam (4-membered cyclic amide) rings is 1. The van der Waals surface area contributed by atoms with E-state index in [1.165, 1.54) is 16.0 Å². The number of amides is 2. The maximum absolute atomic E-state index is 14.1. The SMILES string of the molecule is COc1ccc(COC(=O)C2=C(N(CCc3ccccc3)CCc3ccccc3)CS[C@@H]3C(NC(=O)Cc4ccc(Cl)cc4)C(=O)N23)cc1. The van der Waals surface area contributed by atoms with Crippen molar-refractivity contribution in [3.8, 4) is 5.75 Å². The van der Waals surface area contributed by atoms with Gasteiger partial charge in [-0.15, -0.1) is 11.8 Å². The van der Waals surface area contributed by atoms with Gasteiger partial charge < -0.3 is 19.7 Å². The molecule has 10 heteroatoms. The summed E-state index contributed by atoms with van der Waals surface area (Å²) in [4.78, 5) is 44.6. The minimum Gasteiger partial charge on any atom is -0.497 e. The van der Waals surface area contributed by atoms with Gasteiger partial charge >= 0.3 is 5.97 Å². The van der Waals surface area contributed by atoms with E-state index in [-0.39, 0.29) is 30.5 Å². The van der Waals surface area contributed by atoms with Crippen LogP contribution in [0, 0.1) is 0 Å². The number of thioether (sulfide) groups is 1. The van der Waals surface area contributed by atoms with Crippen LogP contribution in [-0.2, 0) is 45.0 Å². The molecular weight excluding hydrogens is 658 g/mol. The molecule has 6 rings (SSSR count). The van der Waals surface area contributed by atoms with Gasteiger partial charge in [0, 0.05) is 23.9 Å². The van der Waals surface area contributed by atoms with E-state index in [2.05, 4.69) is 34.5 Å². The van der Waals surface area contributed by atoms with Crippen molar-refractivity contribution in [1.29, 1.82) is 0 Å². The summed E-state index contributed by atoms with van der Waals surface area (Å²) in [5, 5.41) is 3.06. The van der Waals surface area contributed by atoms with Crippen LogP contribution in [0.25, 0.3) is 0 Å². The van der Waals surface area contributed by atoms with Crippen LogP contribution in [-0.4, -0.2) is 65.0 Å². The molecule has 1 N–H and O–H groups in total. The maximum Gasteiger partial charge on any atom is 0.357 e. The fourth-order valence-corrected chi connectivity index (χ4v) is 7.49. The Balaban J connectivity index is 1.26. The number of esters is 1. The fraction of sp³-hybridized carbons (Fsp3) is 0.256. The minimum absolute atomic E-state index is 0.0364. The lowest BCUT2D eigenvalue weighted by Crippen LogP contribution is -2.71. The van der Waals surface area contributed by atoms with Crippen molar-refractivity contribution >= 4 is 41.1 Å². The van der Waals surface area contributed by atoms with Crippen molar-refractivity contribution in [2.75, 3.05) is 26.0 Å². The molecule has 0 saturated carbocycles. The smallest absolute Gasteiger partial charge is 0.357 e. The summed E-state index contributed by atoms with van der Waals surface area (Å²) in [6.07, 6.45) is 1.64. The molecule has 4 aromatic carbocycles. The first-order valence-corrected chi connectivity index (χ1v) is 17.7. The maximum atomic E-state index is 14.1. The van der Waals surface area contributed by atoms with Crippen molar-refractivity contribution in [3.05, 3.63) is 148 Å². The fourth-order valence-electron chi connectivity index (χ4n) is 5.98. The number of carbonyl (C=O) groups is 3. The van der Waals surface area contributed by atoms with E-state index >= 15 is 0 Å². The predicted octanol–water partition coefficient (Wildman–Crippen LogP) is 6.03. The Morgan fingerprint density at radius 2 is 1.43 bits per heavy atom. The largest absolute Gasteiger partial charge is 0.497 e. The van der Waals surface area contributed by atoms with Crippen LogP contribution in [0.3, 0.4) is 0 Å². The number of rotatable bonds is 14. The number of fused-ring (bicyclic) bond motifs is 1. The summed E-state index contributed by atoms with van der Waals surface area (Å²) in [5.74, 6) is 0.0114. The lowest BCUT2D eigenvalue weighted by atomic mass is 10.0. The molecule has 2 heterocycles. The van der Waals surface area contributed by atoms with Crippen LogP contribution in [0.4, 0.5) is 0 Å². The van der Waals surface area contributed by atoms with Crippen molar-refractivity contribution in [2.24, 2.45) is 0 Å². The van der Waals surface area contributed by atoms with Crippen LogP contribution in [0.5, 0.6) is 5.75 Å². The highest BCUT2D eigenvalue weighted by atomic mass is 35.5. The van der Waals surface area contributed by atoms with Crippen LogP contribution in [0.2, 0.25) is 5.02 Å². The van der Waals surface area contributed by atoms with Crippen molar-refractivity contribution < 1.29 is 23.9 Å². The second-order valence-corrected chi connectivity index (χ2v) is 13.5. The van der Waals surface area contributed by atoms with Gasteiger partial charge in [-0.2, -0.15) is 0 Å². The second-order valence-electron chi connectivity index (χ2n) is 11.9. The molecule has 49 heavy (non-hydrogen) atoms. The summed E-state index contributed by atoms with van der Waals surface area (Å²) in [6, 6.07) is 34.0. The molecule has 8 nitrogen and oxygen atoms in total. The van der Waals surface area contributed by atoms with Gasteiger partial charge in [-0.1, -0.05) is 96.5 Å². The zero-order valence-electron chi connectivity index (χ0n) is 27.2. The highest BCUT2D eigenvalue weighted by Gasteiger charge is 2.55. The highest BCUT2D eigenvalue weighted by molar-refractivity contribution is 8.00. The Kier molecular flexibility index (Phi) is 11.2. The molecule has 1 unspecified atom stereocenters. The third kappa shape index (κ3) is 8.47. The molecule has 1 saturated heterocycles. The first-order chi connectivity index (χ1) is 23.9. The monoisotopic (exact) mass is 695 g/mol. The van der Waals surface area contributed by atoms with E-state index in [0.717, 1.165) is 29.7 Å². The van der Waals surface area contributed by atoms with E-state index in [1.54, 1.807) is 43.1 Å². The molecule has 2 atom stereocenters.